The highest BCUT2D eigenvalue weighted by Gasteiger charge is 2.22. The van der Waals surface area contributed by atoms with Crippen molar-refractivity contribution in [3.63, 3.8) is 0 Å². The SMILES string of the molecule is O=C(NCCn1nc(-c2ccccn2)c2c1CCCC2)c1ccc2ccccc2c1. The third-order valence-corrected chi connectivity index (χ3v) is 5.79. The first-order valence-corrected chi connectivity index (χ1v) is 10.6. The molecule has 0 aliphatic heterocycles. The summed E-state index contributed by atoms with van der Waals surface area (Å²) in [6.45, 7) is 1.20. The van der Waals surface area contributed by atoms with Crippen LogP contribution in [0.3, 0.4) is 0 Å². The lowest BCUT2D eigenvalue weighted by molar-refractivity contribution is 0.0952. The Morgan fingerprint density at radius 2 is 1.80 bits per heavy atom. The summed E-state index contributed by atoms with van der Waals surface area (Å²) in [4.78, 5) is 17.1. The van der Waals surface area contributed by atoms with E-state index in [1.807, 2.05) is 60.8 Å². The fourth-order valence-electron chi connectivity index (χ4n) is 4.27. The van der Waals surface area contributed by atoms with Gasteiger partial charge in [-0.05, 0) is 60.7 Å². The van der Waals surface area contributed by atoms with Crippen LogP contribution in [0.1, 0.15) is 34.5 Å². The van der Waals surface area contributed by atoms with Gasteiger partial charge in [0.05, 0.1) is 12.2 Å². The summed E-state index contributed by atoms with van der Waals surface area (Å²) in [5, 5.41) is 10.1. The molecule has 5 nitrogen and oxygen atoms in total. The second-order valence-corrected chi connectivity index (χ2v) is 7.74. The molecule has 1 aliphatic rings. The van der Waals surface area contributed by atoms with Crippen LogP contribution in [-0.4, -0.2) is 27.2 Å². The summed E-state index contributed by atoms with van der Waals surface area (Å²) in [7, 11) is 0. The Bertz CT molecular complexity index is 1200. The van der Waals surface area contributed by atoms with Gasteiger partial charge >= 0.3 is 0 Å². The van der Waals surface area contributed by atoms with E-state index in [2.05, 4.69) is 21.0 Å². The van der Waals surface area contributed by atoms with Crippen LogP contribution in [0.15, 0.2) is 66.9 Å². The number of nitrogens with zero attached hydrogens (tertiary/aromatic N) is 3. The number of pyridine rings is 1. The van der Waals surface area contributed by atoms with Crippen molar-refractivity contribution in [2.75, 3.05) is 6.54 Å². The molecule has 0 atom stereocenters. The second kappa shape index (κ2) is 8.11. The van der Waals surface area contributed by atoms with Crippen LogP contribution < -0.4 is 5.32 Å². The zero-order chi connectivity index (χ0) is 20.3. The minimum absolute atomic E-state index is 0.0493. The van der Waals surface area contributed by atoms with E-state index >= 15 is 0 Å². The molecule has 0 saturated carbocycles. The van der Waals surface area contributed by atoms with Gasteiger partial charge < -0.3 is 5.32 Å². The Morgan fingerprint density at radius 3 is 2.67 bits per heavy atom. The van der Waals surface area contributed by atoms with Gasteiger partial charge in [-0.1, -0.05) is 36.4 Å². The van der Waals surface area contributed by atoms with Gasteiger partial charge in [0, 0.05) is 29.6 Å². The first-order chi connectivity index (χ1) is 14.8. The zero-order valence-corrected chi connectivity index (χ0v) is 16.8. The summed E-state index contributed by atoms with van der Waals surface area (Å²) in [5.74, 6) is -0.0493. The second-order valence-electron chi connectivity index (χ2n) is 7.74. The van der Waals surface area contributed by atoms with Gasteiger partial charge in [-0.2, -0.15) is 5.10 Å². The van der Waals surface area contributed by atoms with Gasteiger partial charge in [0.1, 0.15) is 5.69 Å². The van der Waals surface area contributed by atoms with Crippen molar-refractivity contribution in [1.29, 1.82) is 0 Å². The van der Waals surface area contributed by atoms with E-state index in [-0.39, 0.29) is 5.91 Å². The number of nitrogens with one attached hydrogen (secondary N) is 1. The highest BCUT2D eigenvalue weighted by Crippen LogP contribution is 2.30. The lowest BCUT2D eigenvalue weighted by Crippen LogP contribution is -2.28. The molecular weight excluding hydrogens is 372 g/mol. The molecule has 2 aromatic carbocycles. The predicted molar refractivity (Wildman–Crippen MR) is 118 cm³/mol. The minimum Gasteiger partial charge on any atom is -0.350 e. The third kappa shape index (κ3) is 3.59. The van der Waals surface area contributed by atoms with Crippen LogP contribution in [-0.2, 0) is 19.4 Å². The summed E-state index contributed by atoms with van der Waals surface area (Å²) in [6.07, 6.45) is 6.27. The van der Waals surface area contributed by atoms with Crippen molar-refractivity contribution >= 4 is 16.7 Å². The Kier molecular flexibility index (Phi) is 5.01. The van der Waals surface area contributed by atoms with Gasteiger partial charge in [0.2, 0.25) is 0 Å². The zero-order valence-electron chi connectivity index (χ0n) is 16.8. The Labute approximate surface area is 175 Å². The quantitative estimate of drug-likeness (QED) is 0.544. The van der Waals surface area contributed by atoms with E-state index < -0.39 is 0 Å². The first-order valence-electron chi connectivity index (χ1n) is 10.6. The topological polar surface area (TPSA) is 59.8 Å². The normalized spacial score (nSPS) is 13.2. The molecule has 1 N–H and O–H groups in total. The van der Waals surface area contributed by atoms with Gasteiger partial charge in [0.15, 0.2) is 0 Å². The van der Waals surface area contributed by atoms with Gasteiger partial charge in [-0.15, -0.1) is 0 Å². The average Bonchev–Trinajstić information content (AvgIpc) is 3.18. The van der Waals surface area contributed by atoms with Gasteiger partial charge in [-0.25, -0.2) is 0 Å². The van der Waals surface area contributed by atoms with Crippen molar-refractivity contribution in [3.8, 4) is 11.4 Å². The maximum Gasteiger partial charge on any atom is 0.251 e. The summed E-state index contributed by atoms with van der Waals surface area (Å²) >= 11 is 0. The molecule has 1 aliphatic carbocycles. The molecule has 30 heavy (non-hydrogen) atoms. The largest absolute Gasteiger partial charge is 0.350 e. The van der Waals surface area contributed by atoms with Crippen molar-refractivity contribution in [2.24, 2.45) is 0 Å². The molecule has 0 spiro atoms. The molecular formula is C25H24N4O. The molecule has 4 aromatic rings. The molecule has 0 radical (unpaired) electrons. The molecule has 150 valence electrons. The van der Waals surface area contributed by atoms with Gasteiger partial charge in [-0.3, -0.25) is 14.5 Å². The summed E-state index contributed by atoms with van der Waals surface area (Å²) < 4.78 is 2.07. The molecule has 0 saturated heterocycles. The highest BCUT2D eigenvalue weighted by molar-refractivity contribution is 5.98. The van der Waals surface area contributed by atoms with Crippen LogP contribution in [0.25, 0.3) is 22.2 Å². The molecule has 5 rings (SSSR count). The van der Waals surface area contributed by atoms with E-state index in [0.717, 1.165) is 35.0 Å². The van der Waals surface area contributed by atoms with Gasteiger partial charge in [0.25, 0.3) is 5.91 Å². The molecule has 5 heteroatoms. The molecule has 2 heterocycles. The Hall–Kier alpha value is -3.47. The molecule has 0 fully saturated rings. The molecule has 2 aromatic heterocycles. The number of rotatable bonds is 5. The van der Waals surface area contributed by atoms with Crippen LogP contribution in [0.4, 0.5) is 0 Å². The van der Waals surface area contributed by atoms with Crippen LogP contribution in [0.2, 0.25) is 0 Å². The number of aromatic nitrogens is 3. The predicted octanol–water partition coefficient (Wildman–Crippen LogP) is 4.41. The van der Waals surface area contributed by atoms with E-state index in [1.165, 1.54) is 24.1 Å². The number of benzene rings is 2. The maximum atomic E-state index is 12.6. The summed E-state index contributed by atoms with van der Waals surface area (Å²) in [5.41, 5.74) is 5.22. The van der Waals surface area contributed by atoms with E-state index in [9.17, 15) is 4.79 Å². The Balaban J connectivity index is 1.31. The number of carbonyl (C=O) groups is 1. The standard InChI is InChI=1S/C25H24N4O/c30-25(20-13-12-18-7-1-2-8-19(18)17-20)27-15-16-29-23-11-4-3-9-21(23)24(28-29)22-10-5-6-14-26-22/h1-2,5-8,10,12-14,17H,3-4,9,11,15-16H2,(H,27,30). The van der Waals surface area contributed by atoms with Crippen LogP contribution in [0.5, 0.6) is 0 Å². The van der Waals surface area contributed by atoms with Crippen molar-refractivity contribution in [2.45, 2.75) is 32.2 Å². The van der Waals surface area contributed by atoms with E-state index in [4.69, 9.17) is 5.10 Å². The first kappa shape index (κ1) is 18.6. The average molecular weight is 396 g/mol. The van der Waals surface area contributed by atoms with E-state index in [0.29, 0.717) is 18.7 Å². The molecule has 0 unspecified atom stereocenters. The maximum absolute atomic E-state index is 12.6. The third-order valence-electron chi connectivity index (χ3n) is 5.79. The lowest BCUT2D eigenvalue weighted by atomic mass is 9.95. The monoisotopic (exact) mass is 396 g/mol. The number of hydrogen-bond donors (Lipinski definition) is 1. The summed E-state index contributed by atoms with van der Waals surface area (Å²) in [6, 6.07) is 19.8. The molecule has 1 amide bonds. The number of amides is 1. The smallest absolute Gasteiger partial charge is 0.251 e. The molecule has 0 bridgehead atoms. The fourth-order valence-corrected chi connectivity index (χ4v) is 4.27. The van der Waals surface area contributed by atoms with Crippen molar-refractivity contribution in [1.82, 2.24) is 20.1 Å². The van der Waals surface area contributed by atoms with Crippen LogP contribution in [0, 0.1) is 0 Å². The van der Waals surface area contributed by atoms with Crippen molar-refractivity contribution in [3.05, 3.63) is 83.7 Å². The fraction of sp³-hybridized carbons (Fsp3) is 0.240. The number of carbonyl (C=O) groups excluding carboxylic acids is 1. The van der Waals surface area contributed by atoms with Crippen molar-refractivity contribution < 1.29 is 4.79 Å². The number of hydrogen-bond acceptors (Lipinski definition) is 3. The number of fused-ring (bicyclic) bond motifs is 2. The highest BCUT2D eigenvalue weighted by atomic mass is 16.1. The minimum atomic E-state index is -0.0493. The lowest BCUT2D eigenvalue weighted by Gasteiger charge is -2.14. The van der Waals surface area contributed by atoms with Crippen LogP contribution >= 0.6 is 0 Å². The Morgan fingerprint density at radius 1 is 0.967 bits per heavy atom. The van der Waals surface area contributed by atoms with E-state index in [1.54, 1.807) is 0 Å².